The number of halogens is 1. The number of carbonyl (C=O) groups excluding carboxylic acids is 2. The highest BCUT2D eigenvalue weighted by molar-refractivity contribution is 6.46. The molecule has 0 radical (unpaired) electrons. The molecule has 0 aromatic heterocycles. The molecule has 3 aromatic carbocycles. The summed E-state index contributed by atoms with van der Waals surface area (Å²) in [5.41, 5.74) is 3.28. The number of likely N-dealkylation sites (tertiary alicyclic amines) is 1. The van der Waals surface area contributed by atoms with Crippen LogP contribution in [0.15, 0.2) is 78.4 Å². The van der Waals surface area contributed by atoms with Gasteiger partial charge in [0.25, 0.3) is 11.7 Å². The van der Waals surface area contributed by atoms with Gasteiger partial charge in [-0.25, -0.2) is 0 Å². The Hall–Kier alpha value is -3.77. The van der Waals surface area contributed by atoms with Gasteiger partial charge in [0.1, 0.15) is 11.5 Å². The van der Waals surface area contributed by atoms with Crippen LogP contribution >= 0.6 is 11.6 Å². The van der Waals surface area contributed by atoms with Crippen molar-refractivity contribution in [2.75, 3.05) is 32.1 Å². The number of aliphatic hydroxyl groups is 1. The van der Waals surface area contributed by atoms with Crippen LogP contribution in [0.1, 0.15) is 36.1 Å². The number of hydrogen-bond donors (Lipinski definition) is 1. The quantitative estimate of drug-likeness (QED) is 0.218. The van der Waals surface area contributed by atoms with E-state index in [1.807, 2.05) is 62.3 Å². The third-order valence-corrected chi connectivity index (χ3v) is 6.67. The third-order valence-electron chi connectivity index (χ3n) is 6.42. The first kappa shape index (κ1) is 26.3. The molecule has 1 atom stereocenters. The number of hydrogen-bond acceptors (Lipinski definition) is 5. The molecule has 1 heterocycles. The van der Waals surface area contributed by atoms with E-state index in [4.69, 9.17) is 16.3 Å². The van der Waals surface area contributed by atoms with Gasteiger partial charge in [-0.2, -0.15) is 0 Å². The summed E-state index contributed by atoms with van der Waals surface area (Å²) in [6, 6.07) is 21.3. The van der Waals surface area contributed by atoms with Gasteiger partial charge in [0.2, 0.25) is 0 Å². The maximum atomic E-state index is 13.3. The highest BCUT2D eigenvalue weighted by Gasteiger charge is 2.45. The maximum Gasteiger partial charge on any atom is 0.295 e. The molecule has 1 fully saturated rings. The molecule has 1 aliphatic heterocycles. The van der Waals surface area contributed by atoms with Crippen LogP contribution in [-0.4, -0.2) is 48.9 Å². The second kappa shape index (κ2) is 11.5. The zero-order chi connectivity index (χ0) is 26.5. The van der Waals surface area contributed by atoms with E-state index in [0.717, 1.165) is 23.2 Å². The molecule has 0 aliphatic carbocycles. The Balaban J connectivity index is 1.72. The summed E-state index contributed by atoms with van der Waals surface area (Å²) in [5.74, 6) is -0.838. The van der Waals surface area contributed by atoms with Crippen molar-refractivity contribution in [3.8, 4) is 5.75 Å². The van der Waals surface area contributed by atoms with Gasteiger partial charge in [-0.3, -0.25) is 9.59 Å². The summed E-state index contributed by atoms with van der Waals surface area (Å²) in [4.78, 5) is 30.1. The second-order valence-electron chi connectivity index (χ2n) is 9.23. The molecule has 6 nitrogen and oxygen atoms in total. The average Bonchev–Trinajstić information content (AvgIpc) is 3.16. The minimum atomic E-state index is -0.709. The van der Waals surface area contributed by atoms with Crippen molar-refractivity contribution in [3.05, 3.63) is 100 Å². The molecular weight excluding hydrogens is 488 g/mol. The van der Waals surface area contributed by atoms with E-state index in [0.29, 0.717) is 35.9 Å². The normalized spacial score (nSPS) is 16.8. The Morgan fingerprint density at radius 2 is 1.62 bits per heavy atom. The van der Waals surface area contributed by atoms with Gasteiger partial charge in [-0.05, 0) is 72.5 Å². The van der Waals surface area contributed by atoms with Crippen LogP contribution < -0.4 is 9.64 Å². The molecule has 0 saturated carbocycles. The van der Waals surface area contributed by atoms with Crippen molar-refractivity contribution in [2.24, 2.45) is 0 Å². The zero-order valence-electron chi connectivity index (χ0n) is 21.3. The number of anilines is 1. The number of rotatable bonds is 9. The number of aliphatic hydroxyl groups excluding tert-OH is 1. The molecule has 3 aromatic rings. The first-order chi connectivity index (χ1) is 17.8. The summed E-state index contributed by atoms with van der Waals surface area (Å²) < 4.78 is 5.63. The fourth-order valence-electron chi connectivity index (χ4n) is 4.40. The molecule has 192 valence electrons. The highest BCUT2D eigenvalue weighted by Crippen LogP contribution is 2.40. The number of ether oxygens (including phenoxy) is 1. The van der Waals surface area contributed by atoms with Crippen LogP contribution in [0.5, 0.6) is 5.75 Å². The van der Waals surface area contributed by atoms with Crippen molar-refractivity contribution in [3.63, 3.8) is 0 Å². The topological polar surface area (TPSA) is 70.1 Å². The lowest BCUT2D eigenvalue weighted by Crippen LogP contribution is -2.31. The van der Waals surface area contributed by atoms with Crippen LogP contribution in [0, 0.1) is 0 Å². The molecule has 1 N–H and O–H groups in total. The van der Waals surface area contributed by atoms with Gasteiger partial charge < -0.3 is 19.6 Å². The fourth-order valence-corrected chi connectivity index (χ4v) is 4.52. The Kier molecular flexibility index (Phi) is 8.19. The van der Waals surface area contributed by atoms with Crippen LogP contribution in [0.3, 0.4) is 0 Å². The highest BCUT2D eigenvalue weighted by atomic mass is 35.5. The van der Waals surface area contributed by atoms with Gasteiger partial charge >= 0.3 is 0 Å². The van der Waals surface area contributed by atoms with Crippen molar-refractivity contribution < 1.29 is 19.4 Å². The molecule has 1 amide bonds. The number of Topliss-reactive ketones (excluding diaryl/α,β-unsaturated/α-hetero) is 1. The molecule has 37 heavy (non-hydrogen) atoms. The van der Waals surface area contributed by atoms with Crippen LogP contribution in [0.25, 0.3) is 5.76 Å². The molecule has 0 bridgehead atoms. The van der Waals surface area contributed by atoms with E-state index in [1.165, 1.54) is 0 Å². The summed E-state index contributed by atoms with van der Waals surface area (Å²) in [5, 5.41) is 11.9. The minimum Gasteiger partial charge on any atom is -0.507 e. The lowest BCUT2D eigenvalue weighted by molar-refractivity contribution is -0.139. The van der Waals surface area contributed by atoms with E-state index < -0.39 is 17.7 Å². The van der Waals surface area contributed by atoms with E-state index in [-0.39, 0.29) is 11.3 Å². The van der Waals surface area contributed by atoms with E-state index in [9.17, 15) is 14.7 Å². The molecule has 4 rings (SSSR count). The standard InChI is InChI=1S/C30H31ClN2O4/c1-4-19-37-25-15-9-22(10-16-25)28(34)26-27(21-7-13-24(14-8-21)32(2)3)33(30(36)29(26)35)18-17-20-5-11-23(31)12-6-20/h5-16,27,34H,4,17-19H2,1-3H3/b28-26-. The Bertz CT molecular complexity index is 1280. The zero-order valence-corrected chi connectivity index (χ0v) is 22.0. The lowest BCUT2D eigenvalue weighted by Gasteiger charge is -2.26. The molecular formula is C30H31ClN2O4. The summed E-state index contributed by atoms with van der Waals surface area (Å²) in [7, 11) is 3.89. The Morgan fingerprint density at radius 1 is 0.973 bits per heavy atom. The number of amides is 1. The molecule has 0 spiro atoms. The second-order valence-corrected chi connectivity index (χ2v) is 9.66. The SMILES string of the molecule is CCCOc1ccc(/C(O)=C2/C(=O)C(=O)N(CCc3ccc(Cl)cc3)C2c2ccc(N(C)C)cc2)cc1. The fraction of sp³-hybridized carbons (Fsp3) is 0.267. The molecule has 1 saturated heterocycles. The lowest BCUT2D eigenvalue weighted by atomic mass is 9.95. The van der Waals surface area contributed by atoms with E-state index in [2.05, 4.69) is 0 Å². The third kappa shape index (κ3) is 5.81. The molecule has 1 unspecified atom stereocenters. The minimum absolute atomic E-state index is 0.0842. The van der Waals surface area contributed by atoms with Gasteiger partial charge in [-0.15, -0.1) is 0 Å². The predicted octanol–water partition coefficient (Wildman–Crippen LogP) is 5.86. The first-order valence-electron chi connectivity index (χ1n) is 12.3. The van der Waals surface area contributed by atoms with Gasteiger partial charge in [-0.1, -0.05) is 42.8 Å². The van der Waals surface area contributed by atoms with Crippen LogP contribution in [0.2, 0.25) is 5.02 Å². The van der Waals surface area contributed by atoms with Crippen molar-refractivity contribution in [1.82, 2.24) is 4.90 Å². The largest absolute Gasteiger partial charge is 0.507 e. The number of nitrogens with zero attached hydrogens (tertiary/aromatic N) is 2. The van der Waals surface area contributed by atoms with Crippen molar-refractivity contribution >= 4 is 34.7 Å². The monoisotopic (exact) mass is 518 g/mol. The van der Waals surface area contributed by atoms with Crippen LogP contribution in [-0.2, 0) is 16.0 Å². The maximum absolute atomic E-state index is 13.3. The Labute approximate surface area is 222 Å². The summed E-state index contributed by atoms with van der Waals surface area (Å²) in [6.07, 6.45) is 1.42. The number of carbonyl (C=O) groups is 2. The Morgan fingerprint density at radius 3 is 2.22 bits per heavy atom. The van der Waals surface area contributed by atoms with Crippen molar-refractivity contribution in [2.45, 2.75) is 25.8 Å². The predicted molar refractivity (Wildman–Crippen MR) is 147 cm³/mol. The number of benzene rings is 3. The van der Waals surface area contributed by atoms with Gasteiger partial charge in [0.15, 0.2) is 0 Å². The summed E-state index contributed by atoms with van der Waals surface area (Å²) in [6.45, 7) is 2.93. The van der Waals surface area contributed by atoms with E-state index in [1.54, 1.807) is 41.3 Å². The average molecular weight is 519 g/mol. The summed E-state index contributed by atoms with van der Waals surface area (Å²) >= 11 is 6.01. The molecule has 1 aliphatic rings. The van der Waals surface area contributed by atoms with E-state index >= 15 is 0 Å². The first-order valence-corrected chi connectivity index (χ1v) is 12.7. The van der Waals surface area contributed by atoms with Crippen molar-refractivity contribution in [1.29, 1.82) is 0 Å². The smallest absolute Gasteiger partial charge is 0.295 e. The van der Waals surface area contributed by atoms with Gasteiger partial charge in [0, 0.05) is 36.9 Å². The number of ketones is 1. The van der Waals surface area contributed by atoms with Gasteiger partial charge in [0.05, 0.1) is 18.2 Å². The molecule has 7 heteroatoms. The van der Waals surface area contributed by atoms with Crippen LogP contribution in [0.4, 0.5) is 5.69 Å².